The van der Waals surface area contributed by atoms with E-state index in [2.05, 4.69) is 16.2 Å². The van der Waals surface area contributed by atoms with Crippen LogP contribution in [0, 0.1) is 18.3 Å². The summed E-state index contributed by atoms with van der Waals surface area (Å²) in [4.78, 5) is 4.13. The van der Waals surface area contributed by atoms with Crippen molar-refractivity contribution in [3.05, 3.63) is 42.0 Å². The SMILES string of the molecule is Cc1ccc(-n2cccn2)c(C#N)n1. The van der Waals surface area contributed by atoms with Crippen molar-refractivity contribution in [1.82, 2.24) is 14.8 Å². The van der Waals surface area contributed by atoms with E-state index in [0.717, 1.165) is 5.69 Å². The van der Waals surface area contributed by atoms with Gasteiger partial charge in [0, 0.05) is 18.1 Å². The van der Waals surface area contributed by atoms with Gasteiger partial charge in [0.25, 0.3) is 0 Å². The fourth-order valence-corrected chi connectivity index (χ4v) is 1.23. The monoisotopic (exact) mass is 184 g/mol. The third-order valence-electron chi connectivity index (χ3n) is 1.87. The minimum Gasteiger partial charge on any atom is -0.240 e. The molecule has 0 aliphatic heterocycles. The molecule has 0 saturated carbocycles. The van der Waals surface area contributed by atoms with Gasteiger partial charge in [0.15, 0.2) is 5.69 Å². The number of nitrogens with zero attached hydrogens (tertiary/aromatic N) is 4. The number of hydrogen-bond acceptors (Lipinski definition) is 3. The van der Waals surface area contributed by atoms with Gasteiger partial charge in [-0.05, 0) is 25.1 Å². The Balaban J connectivity index is 2.60. The molecule has 0 N–H and O–H groups in total. The molecule has 0 radical (unpaired) electrons. The minimum absolute atomic E-state index is 0.397. The summed E-state index contributed by atoms with van der Waals surface area (Å²) in [6.07, 6.45) is 3.45. The van der Waals surface area contributed by atoms with E-state index in [1.54, 1.807) is 23.1 Å². The molecule has 0 fully saturated rings. The molecule has 0 aromatic carbocycles. The van der Waals surface area contributed by atoms with E-state index in [1.165, 1.54) is 0 Å². The maximum Gasteiger partial charge on any atom is 0.166 e. The van der Waals surface area contributed by atoms with E-state index in [-0.39, 0.29) is 0 Å². The van der Waals surface area contributed by atoms with Gasteiger partial charge in [0.05, 0.1) is 0 Å². The third-order valence-corrected chi connectivity index (χ3v) is 1.87. The summed E-state index contributed by atoms with van der Waals surface area (Å²) >= 11 is 0. The number of rotatable bonds is 1. The molecule has 0 aliphatic carbocycles. The molecular weight excluding hydrogens is 176 g/mol. The number of aromatic nitrogens is 3. The molecule has 2 aromatic rings. The van der Waals surface area contributed by atoms with Gasteiger partial charge in [-0.15, -0.1) is 0 Å². The summed E-state index contributed by atoms with van der Waals surface area (Å²) < 4.78 is 1.63. The first kappa shape index (κ1) is 8.45. The molecule has 2 rings (SSSR count). The molecule has 0 atom stereocenters. The van der Waals surface area contributed by atoms with Gasteiger partial charge in [0.1, 0.15) is 11.8 Å². The number of hydrogen-bond donors (Lipinski definition) is 0. The first-order valence-corrected chi connectivity index (χ1v) is 4.19. The van der Waals surface area contributed by atoms with Gasteiger partial charge in [-0.2, -0.15) is 10.4 Å². The Morgan fingerprint density at radius 2 is 2.29 bits per heavy atom. The zero-order valence-corrected chi connectivity index (χ0v) is 7.68. The topological polar surface area (TPSA) is 54.5 Å². The molecule has 14 heavy (non-hydrogen) atoms. The van der Waals surface area contributed by atoms with Gasteiger partial charge >= 0.3 is 0 Å². The number of nitriles is 1. The lowest BCUT2D eigenvalue weighted by Gasteiger charge is -2.03. The van der Waals surface area contributed by atoms with Crippen molar-refractivity contribution in [3.8, 4) is 11.8 Å². The first-order valence-electron chi connectivity index (χ1n) is 4.19. The quantitative estimate of drug-likeness (QED) is 0.674. The van der Waals surface area contributed by atoms with E-state index in [0.29, 0.717) is 11.4 Å². The Kier molecular flexibility index (Phi) is 1.99. The molecule has 0 unspecified atom stereocenters. The van der Waals surface area contributed by atoms with Crippen LogP contribution in [0.5, 0.6) is 0 Å². The highest BCUT2D eigenvalue weighted by molar-refractivity contribution is 5.43. The predicted octanol–water partition coefficient (Wildman–Crippen LogP) is 1.45. The molecule has 0 amide bonds. The van der Waals surface area contributed by atoms with Crippen molar-refractivity contribution < 1.29 is 0 Å². The van der Waals surface area contributed by atoms with Crippen LogP contribution in [-0.4, -0.2) is 14.8 Å². The lowest BCUT2D eigenvalue weighted by Crippen LogP contribution is -2.00. The van der Waals surface area contributed by atoms with Crippen molar-refractivity contribution in [1.29, 1.82) is 5.26 Å². The summed E-state index contributed by atoms with van der Waals surface area (Å²) in [5.74, 6) is 0. The van der Waals surface area contributed by atoms with Crippen LogP contribution in [0.15, 0.2) is 30.6 Å². The molecule has 0 bridgehead atoms. The van der Waals surface area contributed by atoms with Crippen LogP contribution < -0.4 is 0 Å². The first-order chi connectivity index (χ1) is 6.81. The Morgan fingerprint density at radius 1 is 1.43 bits per heavy atom. The van der Waals surface area contributed by atoms with Crippen molar-refractivity contribution in [2.45, 2.75) is 6.92 Å². The van der Waals surface area contributed by atoms with Gasteiger partial charge in [0.2, 0.25) is 0 Å². The van der Waals surface area contributed by atoms with Crippen LogP contribution in [0.2, 0.25) is 0 Å². The van der Waals surface area contributed by atoms with Crippen molar-refractivity contribution in [3.63, 3.8) is 0 Å². The van der Waals surface area contributed by atoms with Crippen LogP contribution in [0.3, 0.4) is 0 Å². The summed E-state index contributed by atoms with van der Waals surface area (Å²) in [5, 5.41) is 12.9. The maximum atomic E-state index is 8.89. The average molecular weight is 184 g/mol. The van der Waals surface area contributed by atoms with Crippen LogP contribution in [0.1, 0.15) is 11.4 Å². The largest absolute Gasteiger partial charge is 0.240 e. The number of pyridine rings is 1. The van der Waals surface area contributed by atoms with E-state index < -0.39 is 0 Å². The second-order valence-electron chi connectivity index (χ2n) is 2.88. The third kappa shape index (κ3) is 1.36. The Bertz CT molecular complexity index is 479. The van der Waals surface area contributed by atoms with Crippen molar-refractivity contribution >= 4 is 0 Å². The second-order valence-corrected chi connectivity index (χ2v) is 2.88. The molecule has 0 spiro atoms. The summed E-state index contributed by atoms with van der Waals surface area (Å²) in [6.45, 7) is 1.85. The Morgan fingerprint density at radius 3 is 2.93 bits per heavy atom. The molecule has 0 aliphatic rings. The zero-order chi connectivity index (χ0) is 9.97. The lowest BCUT2D eigenvalue weighted by molar-refractivity contribution is 0.866. The van der Waals surface area contributed by atoms with Crippen molar-refractivity contribution in [2.24, 2.45) is 0 Å². The lowest BCUT2D eigenvalue weighted by atomic mass is 10.3. The van der Waals surface area contributed by atoms with Crippen LogP contribution >= 0.6 is 0 Å². The summed E-state index contributed by atoms with van der Waals surface area (Å²) in [5.41, 5.74) is 1.94. The van der Waals surface area contributed by atoms with Crippen LogP contribution in [-0.2, 0) is 0 Å². The molecule has 68 valence electrons. The standard InChI is InChI=1S/C10H8N4/c1-8-3-4-10(9(7-11)13-8)14-6-2-5-12-14/h2-6H,1H3. The Hall–Kier alpha value is -2.15. The second kappa shape index (κ2) is 3.30. The molecular formula is C10H8N4. The van der Waals surface area contributed by atoms with Crippen LogP contribution in [0.4, 0.5) is 0 Å². The maximum absolute atomic E-state index is 8.89. The summed E-state index contributed by atoms with van der Waals surface area (Å²) in [7, 11) is 0. The molecule has 4 heteroatoms. The van der Waals surface area contributed by atoms with E-state index in [4.69, 9.17) is 5.26 Å². The normalized spacial score (nSPS) is 9.71. The van der Waals surface area contributed by atoms with Gasteiger partial charge in [-0.25, -0.2) is 9.67 Å². The minimum atomic E-state index is 0.397. The highest BCUT2D eigenvalue weighted by atomic mass is 15.3. The highest BCUT2D eigenvalue weighted by Crippen LogP contribution is 2.10. The zero-order valence-electron chi connectivity index (χ0n) is 7.68. The number of aryl methyl sites for hydroxylation is 1. The molecule has 0 saturated heterocycles. The fourth-order valence-electron chi connectivity index (χ4n) is 1.23. The fraction of sp³-hybridized carbons (Fsp3) is 0.100. The van der Waals surface area contributed by atoms with Gasteiger partial charge in [-0.3, -0.25) is 0 Å². The predicted molar refractivity (Wildman–Crippen MR) is 50.8 cm³/mol. The van der Waals surface area contributed by atoms with E-state index in [9.17, 15) is 0 Å². The van der Waals surface area contributed by atoms with Crippen molar-refractivity contribution in [2.75, 3.05) is 0 Å². The highest BCUT2D eigenvalue weighted by Gasteiger charge is 2.05. The Labute approximate surface area is 81.4 Å². The molecule has 4 nitrogen and oxygen atoms in total. The molecule has 2 heterocycles. The smallest absolute Gasteiger partial charge is 0.166 e. The van der Waals surface area contributed by atoms with Gasteiger partial charge < -0.3 is 0 Å². The van der Waals surface area contributed by atoms with Gasteiger partial charge in [-0.1, -0.05) is 0 Å². The average Bonchev–Trinajstić information content (AvgIpc) is 2.70. The van der Waals surface area contributed by atoms with Crippen LogP contribution in [0.25, 0.3) is 5.69 Å². The van der Waals surface area contributed by atoms with E-state index >= 15 is 0 Å². The summed E-state index contributed by atoms with van der Waals surface area (Å²) in [6, 6.07) is 7.56. The molecule has 2 aromatic heterocycles. The van der Waals surface area contributed by atoms with E-state index in [1.807, 2.05) is 19.1 Å².